The smallest absolute Gasteiger partial charge is 0.281 e. The van der Waals surface area contributed by atoms with Crippen LogP contribution in [0.15, 0.2) is 12.1 Å². The van der Waals surface area contributed by atoms with Crippen molar-refractivity contribution in [2.24, 2.45) is 0 Å². The zero-order chi connectivity index (χ0) is 15.4. The number of hydrogen-bond acceptors (Lipinski definition) is 4. The van der Waals surface area contributed by atoms with Crippen LogP contribution in [0.2, 0.25) is 5.02 Å². The lowest BCUT2D eigenvalue weighted by molar-refractivity contribution is -0.116. The van der Waals surface area contributed by atoms with Gasteiger partial charge < -0.3 is 15.0 Å². The first-order chi connectivity index (χ1) is 10.0. The number of halogens is 1. The quantitative estimate of drug-likeness (QED) is 0.902. The van der Waals surface area contributed by atoms with Gasteiger partial charge in [0.15, 0.2) is 0 Å². The predicted octanol–water partition coefficient (Wildman–Crippen LogP) is 3.15. The van der Waals surface area contributed by atoms with Crippen LogP contribution in [0.5, 0.6) is 5.75 Å². The van der Waals surface area contributed by atoms with Crippen molar-refractivity contribution in [3.05, 3.63) is 22.7 Å². The Labute approximate surface area is 133 Å². The molecule has 5 nitrogen and oxygen atoms in total. The number of hydrogen-bond donors (Lipinski definition) is 1. The number of carbonyl (C=O) groups is 2. The highest BCUT2D eigenvalue weighted by Gasteiger charge is 2.21. The molecule has 0 aromatic heterocycles. The monoisotopic (exact) mass is 328 g/mol. The van der Waals surface area contributed by atoms with E-state index in [1.807, 2.05) is 6.92 Å². The van der Waals surface area contributed by atoms with Crippen LogP contribution in [-0.4, -0.2) is 42.0 Å². The van der Waals surface area contributed by atoms with Crippen LogP contribution < -0.4 is 10.1 Å². The average Bonchev–Trinajstić information content (AvgIpc) is 2.86. The van der Waals surface area contributed by atoms with E-state index in [1.54, 1.807) is 17.0 Å². The van der Waals surface area contributed by atoms with E-state index in [-0.39, 0.29) is 17.6 Å². The van der Waals surface area contributed by atoms with Crippen LogP contribution in [0.4, 0.5) is 10.5 Å². The molecule has 21 heavy (non-hydrogen) atoms. The molecule has 1 aromatic rings. The molecule has 0 spiro atoms. The summed E-state index contributed by atoms with van der Waals surface area (Å²) in [4.78, 5) is 25.1. The molecule has 114 valence electrons. The van der Waals surface area contributed by atoms with Gasteiger partial charge in [-0.1, -0.05) is 23.4 Å². The summed E-state index contributed by atoms with van der Waals surface area (Å²) in [5.74, 6) is 1.16. The highest BCUT2D eigenvalue weighted by Crippen LogP contribution is 2.31. The minimum Gasteiger partial charge on any atom is -0.495 e. The zero-order valence-corrected chi connectivity index (χ0v) is 13.5. The number of aryl methyl sites for hydroxylation is 1. The standard InChI is InChI=1S/C14H17ClN2O3S/c1-9-7-11(12(20-2)8-10(9)15)16-13(18)3-4-17-5-6-21-14(17)19/h7-8H,3-6H2,1-2H3,(H,16,18). The molecule has 2 amide bonds. The maximum absolute atomic E-state index is 12.0. The molecule has 1 saturated heterocycles. The fourth-order valence-electron chi connectivity index (χ4n) is 2.01. The maximum Gasteiger partial charge on any atom is 0.281 e. The highest BCUT2D eigenvalue weighted by atomic mass is 35.5. The number of rotatable bonds is 5. The first kappa shape index (κ1) is 16.0. The van der Waals surface area contributed by atoms with Gasteiger partial charge in [-0.3, -0.25) is 9.59 Å². The number of benzene rings is 1. The molecule has 1 aliphatic rings. The van der Waals surface area contributed by atoms with Gasteiger partial charge in [0.2, 0.25) is 5.91 Å². The summed E-state index contributed by atoms with van der Waals surface area (Å²) in [6.07, 6.45) is 0.261. The third kappa shape index (κ3) is 4.04. The van der Waals surface area contributed by atoms with Gasteiger partial charge in [0.1, 0.15) is 5.75 Å². The topological polar surface area (TPSA) is 58.6 Å². The lowest BCUT2D eigenvalue weighted by atomic mass is 10.2. The van der Waals surface area contributed by atoms with Gasteiger partial charge in [-0.2, -0.15) is 0 Å². The van der Waals surface area contributed by atoms with E-state index in [1.165, 1.54) is 18.9 Å². The maximum atomic E-state index is 12.0. The SMILES string of the molecule is COc1cc(Cl)c(C)cc1NC(=O)CCN1CCSC1=O. The molecule has 0 bridgehead atoms. The predicted molar refractivity (Wildman–Crippen MR) is 85.4 cm³/mol. The lowest BCUT2D eigenvalue weighted by Crippen LogP contribution is -2.27. The van der Waals surface area contributed by atoms with Crippen molar-refractivity contribution in [3.8, 4) is 5.75 Å². The summed E-state index contributed by atoms with van der Waals surface area (Å²) in [7, 11) is 1.52. The van der Waals surface area contributed by atoms with Crippen molar-refractivity contribution in [2.75, 3.05) is 31.3 Å². The van der Waals surface area contributed by atoms with Crippen LogP contribution in [0.1, 0.15) is 12.0 Å². The summed E-state index contributed by atoms with van der Waals surface area (Å²) < 4.78 is 5.21. The van der Waals surface area contributed by atoms with Crippen LogP contribution in [0.3, 0.4) is 0 Å². The van der Waals surface area contributed by atoms with Crippen molar-refractivity contribution in [2.45, 2.75) is 13.3 Å². The second-order valence-electron chi connectivity index (χ2n) is 4.70. The minimum absolute atomic E-state index is 0.0442. The fourth-order valence-corrected chi connectivity index (χ4v) is 3.01. The normalized spacial score (nSPS) is 14.4. The first-order valence-electron chi connectivity index (χ1n) is 6.57. The van der Waals surface area contributed by atoms with Gasteiger partial charge in [0, 0.05) is 36.4 Å². The van der Waals surface area contributed by atoms with Gasteiger partial charge in [-0.05, 0) is 18.6 Å². The van der Waals surface area contributed by atoms with Crippen molar-refractivity contribution in [1.29, 1.82) is 0 Å². The molecule has 0 atom stereocenters. The second kappa shape index (κ2) is 7.04. The fraction of sp³-hybridized carbons (Fsp3) is 0.429. The molecule has 0 unspecified atom stereocenters. The third-order valence-corrected chi connectivity index (χ3v) is 4.51. The van der Waals surface area contributed by atoms with Crippen LogP contribution in [-0.2, 0) is 4.79 Å². The van der Waals surface area contributed by atoms with E-state index in [4.69, 9.17) is 16.3 Å². The number of carbonyl (C=O) groups excluding carboxylic acids is 2. The van der Waals surface area contributed by atoms with Gasteiger partial charge in [0.05, 0.1) is 12.8 Å². The molecule has 1 N–H and O–H groups in total. The van der Waals surface area contributed by atoms with Crippen molar-refractivity contribution in [3.63, 3.8) is 0 Å². The number of amides is 2. The Morgan fingerprint density at radius 3 is 2.90 bits per heavy atom. The molecule has 0 aliphatic carbocycles. The third-order valence-electron chi connectivity index (χ3n) is 3.21. The van der Waals surface area contributed by atoms with Crippen LogP contribution in [0, 0.1) is 6.92 Å². The summed E-state index contributed by atoms with van der Waals surface area (Å²) in [5, 5.41) is 3.43. The minimum atomic E-state index is -0.153. The van der Waals surface area contributed by atoms with Crippen LogP contribution >= 0.6 is 23.4 Å². The van der Waals surface area contributed by atoms with Crippen LogP contribution in [0.25, 0.3) is 0 Å². The Morgan fingerprint density at radius 1 is 1.52 bits per heavy atom. The molecule has 2 rings (SSSR count). The van der Waals surface area contributed by atoms with E-state index >= 15 is 0 Å². The van der Waals surface area contributed by atoms with E-state index in [0.717, 1.165) is 11.3 Å². The lowest BCUT2D eigenvalue weighted by Gasteiger charge is -2.15. The summed E-state index contributed by atoms with van der Waals surface area (Å²) in [6, 6.07) is 3.45. The Balaban J connectivity index is 1.96. The molecule has 1 aromatic carbocycles. The molecule has 0 radical (unpaired) electrons. The van der Waals surface area contributed by atoms with Gasteiger partial charge >= 0.3 is 0 Å². The molecule has 1 heterocycles. The largest absolute Gasteiger partial charge is 0.495 e. The van der Waals surface area contributed by atoms with Crippen molar-refractivity contribution >= 4 is 40.2 Å². The molecule has 1 fully saturated rings. The molecular weight excluding hydrogens is 312 g/mol. The van der Waals surface area contributed by atoms with Crippen molar-refractivity contribution < 1.29 is 14.3 Å². The van der Waals surface area contributed by atoms with Crippen molar-refractivity contribution in [1.82, 2.24) is 4.90 Å². The summed E-state index contributed by atoms with van der Waals surface area (Å²) in [5.41, 5.74) is 1.45. The number of methoxy groups -OCH3 is 1. The average molecular weight is 329 g/mol. The summed E-state index contributed by atoms with van der Waals surface area (Å²) in [6.45, 7) is 3.00. The van der Waals surface area contributed by atoms with E-state index in [9.17, 15) is 9.59 Å². The molecule has 7 heteroatoms. The van der Waals surface area contributed by atoms with Gasteiger partial charge in [0.25, 0.3) is 5.24 Å². The Hall–Kier alpha value is -1.40. The second-order valence-corrected chi connectivity index (χ2v) is 6.15. The van der Waals surface area contributed by atoms with E-state index < -0.39 is 0 Å². The molecule has 0 saturated carbocycles. The van der Waals surface area contributed by atoms with E-state index in [2.05, 4.69) is 5.32 Å². The number of nitrogens with one attached hydrogen (secondary N) is 1. The molecular formula is C14H17ClN2O3S. The van der Waals surface area contributed by atoms with E-state index in [0.29, 0.717) is 29.5 Å². The highest BCUT2D eigenvalue weighted by molar-refractivity contribution is 8.13. The number of anilines is 1. The summed E-state index contributed by atoms with van der Waals surface area (Å²) >= 11 is 7.32. The number of nitrogens with zero attached hydrogens (tertiary/aromatic N) is 1. The van der Waals surface area contributed by atoms with Gasteiger partial charge in [-0.25, -0.2) is 0 Å². The Morgan fingerprint density at radius 2 is 2.29 bits per heavy atom. The zero-order valence-electron chi connectivity index (χ0n) is 11.9. The first-order valence-corrected chi connectivity index (χ1v) is 7.93. The Bertz CT molecular complexity index is 565. The number of thioether (sulfide) groups is 1. The molecule has 1 aliphatic heterocycles. The van der Waals surface area contributed by atoms with Gasteiger partial charge in [-0.15, -0.1) is 0 Å². The number of ether oxygens (including phenoxy) is 1. The Kier molecular flexibility index (Phi) is 5.36.